The summed E-state index contributed by atoms with van der Waals surface area (Å²) in [5, 5.41) is 19.3. The van der Waals surface area contributed by atoms with Crippen molar-refractivity contribution in [1.82, 2.24) is 9.97 Å². The summed E-state index contributed by atoms with van der Waals surface area (Å²) in [5.74, 6) is 0.0299. The first-order valence-electron chi connectivity index (χ1n) is 14.3. The highest BCUT2D eigenvalue weighted by molar-refractivity contribution is 5.72. The lowest BCUT2D eigenvalue weighted by Gasteiger charge is -2.25. The number of hydrogen-bond acceptors (Lipinski definition) is 6. The van der Waals surface area contributed by atoms with E-state index in [-0.39, 0.29) is 37.8 Å². The summed E-state index contributed by atoms with van der Waals surface area (Å²) >= 11 is 0. The first-order chi connectivity index (χ1) is 20.8. The van der Waals surface area contributed by atoms with Crippen molar-refractivity contribution in [1.29, 1.82) is 0 Å². The summed E-state index contributed by atoms with van der Waals surface area (Å²) in [6, 6.07) is 15.3. The van der Waals surface area contributed by atoms with Gasteiger partial charge in [-0.15, -0.1) is 0 Å². The van der Waals surface area contributed by atoms with Crippen LogP contribution in [-0.2, 0) is 24.1 Å². The summed E-state index contributed by atoms with van der Waals surface area (Å²) in [6.45, 7) is 8.27. The molecule has 0 radical (unpaired) electrons. The maximum atomic E-state index is 13.7. The Hall–Kier alpha value is -4.60. The molecule has 0 atom stereocenters. The number of anilines is 1. The van der Waals surface area contributed by atoms with Crippen LogP contribution >= 0.6 is 0 Å². The van der Waals surface area contributed by atoms with Gasteiger partial charge in [-0.1, -0.05) is 49.7 Å². The van der Waals surface area contributed by atoms with Crippen molar-refractivity contribution in [2.75, 3.05) is 11.5 Å². The monoisotopic (exact) mass is 607 g/mol. The molecule has 10 heteroatoms. The van der Waals surface area contributed by atoms with Gasteiger partial charge in [0.15, 0.2) is 5.75 Å². The quantitative estimate of drug-likeness (QED) is 0.157. The lowest BCUT2D eigenvalue weighted by atomic mass is 9.91. The van der Waals surface area contributed by atoms with Crippen LogP contribution in [0.15, 0.2) is 67.0 Å². The molecule has 0 bridgehead atoms. The largest absolute Gasteiger partial charge is 0.508 e. The number of aliphatic carboxylic acids is 1. The second-order valence-electron chi connectivity index (χ2n) is 11.2. The van der Waals surface area contributed by atoms with Crippen molar-refractivity contribution in [2.45, 2.75) is 65.7 Å². The van der Waals surface area contributed by atoms with E-state index in [0.717, 1.165) is 39.9 Å². The molecule has 44 heavy (non-hydrogen) atoms. The molecule has 0 saturated heterocycles. The zero-order valence-corrected chi connectivity index (χ0v) is 25.2. The summed E-state index contributed by atoms with van der Waals surface area (Å²) in [6.07, 6.45) is -1.32. The SMILES string of the molecule is Cc1cc(CN(Cc2cc(O)ccc2-c2cc(C(C)C)ccc2C)c2ncc(OCCCC(=O)O)cn2)cc(C(F)(F)F)c1. The Balaban J connectivity index is 1.73. The molecule has 0 aliphatic rings. The standard InChI is InChI=1S/C34H36F3N3O4/c1-21(2)25-8-7-23(4)31(16-25)30-10-9-28(41)15-26(30)20-40(19-24-12-22(3)13-27(14-24)34(35,36)37)33-38-17-29(18-39-33)44-11-5-6-32(42)43/h7-10,12-18,21,41H,5-6,11,19-20H2,1-4H3,(H,42,43). The number of carbonyl (C=O) groups is 1. The first-order valence-corrected chi connectivity index (χ1v) is 14.3. The van der Waals surface area contributed by atoms with E-state index in [9.17, 15) is 23.1 Å². The van der Waals surface area contributed by atoms with Crippen molar-refractivity contribution in [3.8, 4) is 22.6 Å². The minimum absolute atomic E-state index is 0.0328. The third kappa shape index (κ3) is 8.49. The van der Waals surface area contributed by atoms with Gasteiger partial charge in [0, 0.05) is 19.5 Å². The van der Waals surface area contributed by atoms with Gasteiger partial charge in [-0.25, -0.2) is 9.97 Å². The van der Waals surface area contributed by atoms with Crippen LogP contribution < -0.4 is 9.64 Å². The number of phenolic OH excluding ortho intramolecular Hbond substituents is 1. The number of carboxylic acids is 1. The molecule has 0 fully saturated rings. The average Bonchev–Trinajstić information content (AvgIpc) is 2.95. The minimum Gasteiger partial charge on any atom is -0.508 e. The second-order valence-corrected chi connectivity index (χ2v) is 11.2. The van der Waals surface area contributed by atoms with E-state index in [2.05, 4.69) is 42.0 Å². The predicted octanol–water partition coefficient (Wildman–Crippen LogP) is 8.06. The van der Waals surface area contributed by atoms with E-state index in [4.69, 9.17) is 9.84 Å². The van der Waals surface area contributed by atoms with Crippen LogP contribution in [0.25, 0.3) is 11.1 Å². The van der Waals surface area contributed by atoms with Gasteiger partial charge in [-0.3, -0.25) is 4.79 Å². The molecule has 4 rings (SSSR count). The van der Waals surface area contributed by atoms with E-state index in [0.29, 0.717) is 29.2 Å². The van der Waals surface area contributed by atoms with E-state index in [1.165, 1.54) is 12.4 Å². The fourth-order valence-corrected chi connectivity index (χ4v) is 4.96. The number of halogens is 3. The summed E-state index contributed by atoms with van der Waals surface area (Å²) in [7, 11) is 0. The summed E-state index contributed by atoms with van der Waals surface area (Å²) in [5.41, 5.74) is 4.98. The molecule has 2 N–H and O–H groups in total. The third-order valence-corrected chi connectivity index (χ3v) is 7.21. The molecular weight excluding hydrogens is 571 g/mol. The smallest absolute Gasteiger partial charge is 0.416 e. The van der Waals surface area contributed by atoms with Gasteiger partial charge in [0.1, 0.15) is 5.75 Å². The number of hydrogen-bond donors (Lipinski definition) is 2. The molecule has 0 saturated carbocycles. The average molecular weight is 608 g/mol. The van der Waals surface area contributed by atoms with Gasteiger partial charge in [0.2, 0.25) is 5.95 Å². The number of aromatic nitrogens is 2. The lowest BCUT2D eigenvalue weighted by Crippen LogP contribution is -2.25. The summed E-state index contributed by atoms with van der Waals surface area (Å²) in [4.78, 5) is 21.4. The number of benzene rings is 3. The van der Waals surface area contributed by atoms with Crippen molar-refractivity contribution in [2.24, 2.45) is 0 Å². The van der Waals surface area contributed by atoms with Crippen LogP contribution in [0.4, 0.5) is 19.1 Å². The first kappa shape index (κ1) is 32.3. The molecule has 0 unspecified atom stereocenters. The number of aromatic hydroxyl groups is 1. The highest BCUT2D eigenvalue weighted by atomic mass is 19.4. The molecule has 0 aliphatic heterocycles. The van der Waals surface area contributed by atoms with Crippen molar-refractivity contribution in [3.05, 3.63) is 100 Å². The fraction of sp³-hybridized carbons (Fsp3) is 0.324. The van der Waals surface area contributed by atoms with Crippen molar-refractivity contribution >= 4 is 11.9 Å². The molecule has 0 aliphatic carbocycles. The molecule has 0 spiro atoms. The number of ether oxygens (including phenoxy) is 1. The molecule has 4 aromatic rings. The molecule has 3 aromatic carbocycles. The molecule has 0 amide bonds. The Kier molecular flexibility index (Phi) is 10.1. The number of phenols is 1. The predicted molar refractivity (Wildman–Crippen MR) is 163 cm³/mol. The van der Waals surface area contributed by atoms with Gasteiger partial charge in [0.25, 0.3) is 0 Å². The maximum Gasteiger partial charge on any atom is 0.416 e. The highest BCUT2D eigenvalue weighted by Gasteiger charge is 2.31. The van der Waals surface area contributed by atoms with Crippen LogP contribution in [-0.4, -0.2) is 32.8 Å². The highest BCUT2D eigenvalue weighted by Crippen LogP contribution is 2.35. The van der Waals surface area contributed by atoms with E-state index in [1.54, 1.807) is 30.0 Å². The molecule has 1 heterocycles. The van der Waals surface area contributed by atoms with Crippen LogP contribution in [0.2, 0.25) is 0 Å². The van der Waals surface area contributed by atoms with Crippen LogP contribution in [0, 0.1) is 13.8 Å². The number of carboxylic acid groups (broad SMARTS) is 1. The zero-order chi connectivity index (χ0) is 32.0. The number of nitrogens with zero attached hydrogens (tertiary/aromatic N) is 3. The fourth-order valence-electron chi connectivity index (χ4n) is 4.96. The van der Waals surface area contributed by atoms with E-state index in [1.807, 2.05) is 13.0 Å². The number of aryl methyl sites for hydroxylation is 2. The van der Waals surface area contributed by atoms with Crippen LogP contribution in [0.5, 0.6) is 11.5 Å². The Morgan fingerprint density at radius 1 is 0.955 bits per heavy atom. The van der Waals surface area contributed by atoms with Crippen LogP contribution in [0.3, 0.4) is 0 Å². The Bertz CT molecular complexity index is 1600. The van der Waals surface area contributed by atoms with Gasteiger partial charge in [-0.05, 0) is 83.8 Å². The number of rotatable bonds is 12. The lowest BCUT2D eigenvalue weighted by molar-refractivity contribution is -0.138. The van der Waals surface area contributed by atoms with Crippen molar-refractivity contribution < 1.29 is 32.9 Å². The van der Waals surface area contributed by atoms with E-state index < -0.39 is 17.7 Å². The molecular formula is C34H36F3N3O4. The number of alkyl halides is 3. The van der Waals surface area contributed by atoms with Gasteiger partial charge in [-0.2, -0.15) is 13.2 Å². The maximum absolute atomic E-state index is 13.7. The Morgan fingerprint density at radius 3 is 2.34 bits per heavy atom. The van der Waals surface area contributed by atoms with Gasteiger partial charge >= 0.3 is 12.1 Å². The molecule has 7 nitrogen and oxygen atoms in total. The Labute approximate surface area is 255 Å². The van der Waals surface area contributed by atoms with Gasteiger partial charge in [0.05, 0.1) is 24.6 Å². The topological polar surface area (TPSA) is 95.8 Å². The van der Waals surface area contributed by atoms with E-state index >= 15 is 0 Å². The van der Waals surface area contributed by atoms with Crippen molar-refractivity contribution in [3.63, 3.8) is 0 Å². The molecule has 1 aromatic heterocycles. The van der Waals surface area contributed by atoms with Crippen LogP contribution in [0.1, 0.15) is 66.0 Å². The normalized spacial score (nSPS) is 11.5. The second kappa shape index (κ2) is 13.8. The molecule has 232 valence electrons. The van der Waals surface area contributed by atoms with Gasteiger partial charge < -0.3 is 19.8 Å². The minimum atomic E-state index is -4.50. The Morgan fingerprint density at radius 2 is 1.68 bits per heavy atom. The zero-order valence-electron chi connectivity index (χ0n) is 25.2. The summed E-state index contributed by atoms with van der Waals surface area (Å²) < 4.78 is 46.6. The third-order valence-electron chi connectivity index (χ3n) is 7.21.